The first-order valence-corrected chi connectivity index (χ1v) is 9.14. The highest BCUT2D eigenvalue weighted by Crippen LogP contribution is 2.29. The van der Waals surface area contributed by atoms with Gasteiger partial charge >= 0.3 is 0 Å². The molecule has 0 bridgehead atoms. The number of anilines is 2. The van der Waals surface area contributed by atoms with Gasteiger partial charge in [-0.1, -0.05) is 23.5 Å². The fourth-order valence-corrected chi connectivity index (χ4v) is 4.19. The van der Waals surface area contributed by atoms with Gasteiger partial charge in [0.25, 0.3) is 0 Å². The van der Waals surface area contributed by atoms with Crippen LogP contribution in [0, 0.1) is 6.92 Å². The molecule has 4 aromatic rings. The lowest BCUT2D eigenvalue weighted by Gasteiger charge is -2.35. The normalized spacial score (nSPS) is 15.4. The molecule has 1 aliphatic rings. The third-order valence-electron chi connectivity index (χ3n) is 4.56. The third-order valence-corrected chi connectivity index (χ3v) is 5.66. The van der Waals surface area contributed by atoms with Gasteiger partial charge in [0.2, 0.25) is 0 Å². The van der Waals surface area contributed by atoms with E-state index in [1.165, 1.54) is 4.70 Å². The Hall–Kier alpha value is -2.74. The zero-order chi connectivity index (χ0) is 16.8. The van der Waals surface area contributed by atoms with Crippen molar-refractivity contribution >= 4 is 38.2 Å². The van der Waals surface area contributed by atoms with Crippen LogP contribution in [0.25, 0.3) is 15.9 Å². The summed E-state index contributed by atoms with van der Waals surface area (Å²) in [5, 5.41) is 14.0. The van der Waals surface area contributed by atoms with E-state index in [-0.39, 0.29) is 0 Å². The van der Waals surface area contributed by atoms with Gasteiger partial charge in [-0.2, -0.15) is 4.52 Å². The Kier molecular flexibility index (Phi) is 3.30. The second kappa shape index (κ2) is 5.66. The maximum atomic E-state index is 4.77. The van der Waals surface area contributed by atoms with Crippen molar-refractivity contribution in [3.63, 3.8) is 0 Å². The Morgan fingerprint density at radius 1 is 0.920 bits per heavy atom. The maximum absolute atomic E-state index is 4.77. The van der Waals surface area contributed by atoms with Crippen molar-refractivity contribution in [2.45, 2.75) is 6.92 Å². The lowest BCUT2D eigenvalue weighted by molar-refractivity contribution is 0.640. The van der Waals surface area contributed by atoms with Gasteiger partial charge in [0, 0.05) is 26.2 Å². The molecule has 4 heterocycles. The fourth-order valence-electron chi connectivity index (χ4n) is 3.18. The first-order chi connectivity index (χ1) is 12.3. The van der Waals surface area contributed by atoms with Crippen molar-refractivity contribution in [1.82, 2.24) is 24.8 Å². The molecule has 0 aliphatic carbocycles. The van der Waals surface area contributed by atoms with Crippen molar-refractivity contribution in [1.29, 1.82) is 0 Å². The monoisotopic (exact) mass is 351 g/mol. The number of para-hydroxylation sites is 1. The second-order valence-electron chi connectivity index (χ2n) is 6.15. The van der Waals surface area contributed by atoms with E-state index in [9.17, 15) is 0 Å². The van der Waals surface area contributed by atoms with Gasteiger partial charge in [0.1, 0.15) is 5.82 Å². The fraction of sp³-hybridized carbons (Fsp3) is 0.294. The Balaban J connectivity index is 1.35. The van der Waals surface area contributed by atoms with Crippen LogP contribution in [0.4, 0.5) is 10.9 Å². The summed E-state index contributed by atoms with van der Waals surface area (Å²) in [6, 6.07) is 12.3. The summed E-state index contributed by atoms with van der Waals surface area (Å²) in [6.45, 7) is 5.66. The average molecular weight is 351 g/mol. The van der Waals surface area contributed by atoms with Crippen molar-refractivity contribution < 1.29 is 0 Å². The number of thiazole rings is 1. The maximum Gasteiger partial charge on any atom is 0.186 e. The number of hydrogen-bond donors (Lipinski definition) is 0. The van der Waals surface area contributed by atoms with E-state index in [0.717, 1.165) is 54.1 Å². The number of rotatable bonds is 2. The predicted molar refractivity (Wildman–Crippen MR) is 99.6 cm³/mol. The van der Waals surface area contributed by atoms with Gasteiger partial charge in [0.15, 0.2) is 16.6 Å². The quantitative estimate of drug-likeness (QED) is 0.552. The summed E-state index contributed by atoms with van der Waals surface area (Å²) in [7, 11) is 0. The number of fused-ring (bicyclic) bond motifs is 2. The van der Waals surface area contributed by atoms with Crippen molar-refractivity contribution in [3.8, 4) is 0 Å². The minimum atomic E-state index is 0.786. The van der Waals surface area contributed by atoms with Crippen LogP contribution >= 0.6 is 11.3 Å². The number of benzene rings is 1. The van der Waals surface area contributed by atoms with Gasteiger partial charge in [-0.15, -0.1) is 15.3 Å². The van der Waals surface area contributed by atoms with Gasteiger partial charge < -0.3 is 9.80 Å². The molecule has 8 heteroatoms. The molecule has 126 valence electrons. The van der Waals surface area contributed by atoms with Crippen LogP contribution in [0.15, 0.2) is 36.4 Å². The van der Waals surface area contributed by atoms with Crippen molar-refractivity contribution in [2.75, 3.05) is 36.0 Å². The highest BCUT2D eigenvalue weighted by atomic mass is 32.1. The lowest BCUT2D eigenvalue weighted by Crippen LogP contribution is -2.46. The van der Waals surface area contributed by atoms with Crippen LogP contribution in [0.1, 0.15) is 5.82 Å². The topological polar surface area (TPSA) is 62.5 Å². The molecule has 1 saturated heterocycles. The van der Waals surface area contributed by atoms with Gasteiger partial charge in [-0.25, -0.2) is 4.98 Å². The molecule has 0 saturated carbocycles. The molecule has 5 rings (SSSR count). The zero-order valence-corrected chi connectivity index (χ0v) is 14.6. The van der Waals surface area contributed by atoms with Crippen LogP contribution in [0.2, 0.25) is 0 Å². The third kappa shape index (κ3) is 2.49. The SMILES string of the molecule is Cc1nnc2ccc(N3CCN(c4nc5ccccc5s4)CC3)nn12. The van der Waals surface area contributed by atoms with E-state index in [4.69, 9.17) is 4.98 Å². The van der Waals surface area contributed by atoms with Gasteiger partial charge in [0.05, 0.1) is 10.2 Å². The molecular formula is C17H17N7S. The van der Waals surface area contributed by atoms with Crippen LogP contribution in [0.3, 0.4) is 0 Å². The number of aromatic nitrogens is 5. The lowest BCUT2D eigenvalue weighted by atomic mass is 10.3. The summed E-state index contributed by atoms with van der Waals surface area (Å²) in [4.78, 5) is 9.44. The summed E-state index contributed by atoms with van der Waals surface area (Å²) >= 11 is 1.77. The van der Waals surface area contributed by atoms with Crippen LogP contribution in [-0.2, 0) is 0 Å². The van der Waals surface area contributed by atoms with E-state index in [1.54, 1.807) is 15.9 Å². The molecule has 0 N–H and O–H groups in total. The summed E-state index contributed by atoms with van der Waals surface area (Å²) in [5.74, 6) is 1.78. The molecule has 0 spiro atoms. The first kappa shape index (κ1) is 14.6. The minimum Gasteiger partial charge on any atom is -0.352 e. The summed E-state index contributed by atoms with van der Waals surface area (Å²) in [6.07, 6.45) is 0. The first-order valence-electron chi connectivity index (χ1n) is 8.32. The Morgan fingerprint density at radius 2 is 1.72 bits per heavy atom. The molecule has 7 nitrogen and oxygen atoms in total. The Bertz CT molecular complexity index is 1010. The Morgan fingerprint density at radius 3 is 2.56 bits per heavy atom. The highest BCUT2D eigenvalue weighted by molar-refractivity contribution is 7.22. The number of aryl methyl sites for hydroxylation is 1. The van der Waals surface area contributed by atoms with Crippen molar-refractivity contribution in [2.24, 2.45) is 0 Å². The molecule has 1 fully saturated rings. The van der Waals surface area contributed by atoms with E-state index in [2.05, 4.69) is 43.3 Å². The molecule has 1 aromatic carbocycles. The molecule has 1 aliphatic heterocycles. The van der Waals surface area contributed by atoms with Crippen LogP contribution in [-0.4, -0.2) is 51.0 Å². The number of nitrogens with zero attached hydrogens (tertiary/aromatic N) is 7. The number of piperazine rings is 1. The van der Waals surface area contributed by atoms with Gasteiger partial charge in [-0.05, 0) is 31.2 Å². The van der Waals surface area contributed by atoms with E-state index in [1.807, 2.05) is 25.1 Å². The molecule has 25 heavy (non-hydrogen) atoms. The minimum absolute atomic E-state index is 0.786. The van der Waals surface area contributed by atoms with Gasteiger partial charge in [-0.3, -0.25) is 0 Å². The molecule has 3 aromatic heterocycles. The van der Waals surface area contributed by atoms with E-state index in [0.29, 0.717) is 0 Å². The number of hydrogen-bond acceptors (Lipinski definition) is 7. The molecule has 0 unspecified atom stereocenters. The Labute approximate surface area is 148 Å². The summed E-state index contributed by atoms with van der Waals surface area (Å²) in [5.41, 5.74) is 1.87. The van der Waals surface area contributed by atoms with Crippen LogP contribution < -0.4 is 9.80 Å². The summed E-state index contributed by atoms with van der Waals surface area (Å²) < 4.78 is 3.05. The predicted octanol–water partition coefficient (Wildman–Crippen LogP) is 2.37. The second-order valence-corrected chi connectivity index (χ2v) is 7.16. The highest BCUT2D eigenvalue weighted by Gasteiger charge is 2.21. The van der Waals surface area contributed by atoms with Crippen molar-refractivity contribution in [3.05, 3.63) is 42.2 Å². The standard InChI is InChI=1S/C17H17N7S/c1-12-19-20-15-6-7-16(21-24(12)15)22-8-10-23(11-9-22)17-18-13-4-2-3-5-14(13)25-17/h2-7H,8-11H2,1H3. The van der Waals surface area contributed by atoms with E-state index < -0.39 is 0 Å². The zero-order valence-electron chi connectivity index (χ0n) is 13.8. The average Bonchev–Trinajstić information content (AvgIpc) is 3.25. The molecule has 0 amide bonds. The molecule has 0 radical (unpaired) electrons. The smallest absolute Gasteiger partial charge is 0.186 e. The molecule has 0 atom stereocenters. The largest absolute Gasteiger partial charge is 0.352 e. The van der Waals surface area contributed by atoms with Crippen LogP contribution in [0.5, 0.6) is 0 Å². The molecular weight excluding hydrogens is 334 g/mol. The van der Waals surface area contributed by atoms with E-state index >= 15 is 0 Å².